The molecule has 0 aromatic heterocycles. The maximum atomic E-state index is 12.4. The minimum absolute atomic E-state index is 0.0712. The second-order valence-electron chi connectivity index (χ2n) is 7.70. The number of nitrogens with one attached hydrogen (secondary N) is 3. The van der Waals surface area contributed by atoms with Crippen molar-refractivity contribution in [3.05, 3.63) is 0 Å². The van der Waals surface area contributed by atoms with Gasteiger partial charge in [0.15, 0.2) is 0 Å². The lowest BCUT2D eigenvalue weighted by atomic mass is 10.0. The topological polar surface area (TPSA) is 208 Å². The van der Waals surface area contributed by atoms with Gasteiger partial charge in [0.25, 0.3) is 0 Å². The van der Waals surface area contributed by atoms with Crippen LogP contribution in [0.3, 0.4) is 0 Å². The number of hydrogen-bond acceptors (Lipinski definition) is 7. The molecule has 12 heteroatoms. The second-order valence-corrected chi connectivity index (χ2v) is 7.70. The Morgan fingerprint density at radius 2 is 1.27 bits per heavy atom. The number of carboxylic acid groups (broad SMARTS) is 2. The minimum atomic E-state index is -1.62. The van der Waals surface area contributed by atoms with Crippen molar-refractivity contribution in [1.29, 1.82) is 0 Å². The van der Waals surface area contributed by atoms with E-state index in [1.807, 2.05) is 0 Å². The quantitative estimate of drug-likeness (QED) is 0.172. The summed E-state index contributed by atoms with van der Waals surface area (Å²) in [5, 5.41) is 34.2. The fraction of sp³-hybridized carbons (Fsp3) is 0.722. The Bertz CT molecular complexity index is 638. The lowest BCUT2D eigenvalue weighted by molar-refractivity contribution is -0.144. The third-order valence-electron chi connectivity index (χ3n) is 4.17. The Labute approximate surface area is 174 Å². The van der Waals surface area contributed by atoms with E-state index in [2.05, 4.69) is 16.0 Å². The highest BCUT2D eigenvalue weighted by Gasteiger charge is 2.31. The molecule has 4 unspecified atom stereocenters. The largest absolute Gasteiger partial charge is 0.481 e. The van der Waals surface area contributed by atoms with Gasteiger partial charge in [-0.3, -0.25) is 19.2 Å². The molecule has 12 nitrogen and oxygen atoms in total. The first kappa shape index (κ1) is 27.3. The van der Waals surface area contributed by atoms with E-state index in [1.165, 1.54) is 0 Å². The summed E-state index contributed by atoms with van der Waals surface area (Å²) in [5.74, 6) is -5.77. The molecule has 0 aliphatic rings. The van der Waals surface area contributed by atoms with Gasteiger partial charge in [-0.05, 0) is 18.3 Å². The van der Waals surface area contributed by atoms with Crippen LogP contribution >= 0.6 is 0 Å². The van der Waals surface area contributed by atoms with Crippen molar-refractivity contribution >= 4 is 29.7 Å². The van der Waals surface area contributed by atoms with Gasteiger partial charge in [-0.2, -0.15) is 0 Å². The molecule has 4 atom stereocenters. The summed E-state index contributed by atoms with van der Waals surface area (Å²) in [4.78, 5) is 59.2. The van der Waals surface area contributed by atoms with E-state index in [0.717, 1.165) is 0 Å². The van der Waals surface area contributed by atoms with Crippen molar-refractivity contribution in [2.45, 2.75) is 64.7 Å². The first-order valence-corrected chi connectivity index (χ1v) is 9.52. The number of carbonyl (C=O) groups excluding carboxylic acids is 3. The third-order valence-corrected chi connectivity index (χ3v) is 4.17. The van der Waals surface area contributed by atoms with E-state index < -0.39 is 66.9 Å². The molecular formula is C18H32N4O8. The van der Waals surface area contributed by atoms with Crippen LogP contribution in [-0.4, -0.2) is 75.8 Å². The molecule has 0 aromatic carbocycles. The monoisotopic (exact) mass is 432 g/mol. The normalized spacial score (nSPS) is 15.1. The molecule has 0 aliphatic heterocycles. The molecule has 0 fully saturated rings. The summed E-state index contributed by atoms with van der Waals surface area (Å²) >= 11 is 0. The molecule has 30 heavy (non-hydrogen) atoms. The summed E-state index contributed by atoms with van der Waals surface area (Å²) in [6.45, 7) is 6.03. The van der Waals surface area contributed by atoms with Crippen molar-refractivity contribution in [2.24, 2.45) is 17.6 Å². The minimum Gasteiger partial charge on any atom is -0.481 e. The van der Waals surface area contributed by atoms with Gasteiger partial charge in [0.2, 0.25) is 17.7 Å². The number of carboxylic acids is 2. The standard InChI is InChI=1S/C18H32N4O8/c1-8(2)5-11(18(29)30)21-15(26)10(6-13(24)25)20-16(27)12(7-23)22-17(28)14(19)9(3)4/h8-12,14,23H,5-7,19H2,1-4H3,(H,20,27)(H,21,26)(H,22,28)(H,24,25)(H,29,30). The number of nitrogens with two attached hydrogens (primary N) is 1. The molecule has 0 rings (SSSR count). The number of amides is 3. The Morgan fingerprint density at radius 3 is 1.67 bits per heavy atom. The Hall–Kier alpha value is -2.73. The number of aliphatic carboxylic acids is 2. The molecule has 3 amide bonds. The Balaban J connectivity index is 5.31. The Morgan fingerprint density at radius 1 is 0.800 bits per heavy atom. The third kappa shape index (κ3) is 9.65. The highest BCUT2D eigenvalue weighted by molar-refractivity contribution is 5.95. The van der Waals surface area contributed by atoms with E-state index >= 15 is 0 Å². The predicted molar refractivity (Wildman–Crippen MR) is 105 cm³/mol. The van der Waals surface area contributed by atoms with Crippen LogP contribution in [0.15, 0.2) is 0 Å². The second kappa shape index (κ2) is 12.8. The van der Waals surface area contributed by atoms with Crippen LogP contribution in [-0.2, 0) is 24.0 Å². The molecular weight excluding hydrogens is 400 g/mol. The van der Waals surface area contributed by atoms with Crippen molar-refractivity contribution < 1.29 is 39.3 Å². The highest BCUT2D eigenvalue weighted by atomic mass is 16.4. The van der Waals surface area contributed by atoms with Crippen LogP contribution in [0.4, 0.5) is 0 Å². The molecule has 0 radical (unpaired) electrons. The van der Waals surface area contributed by atoms with Crippen molar-refractivity contribution in [3.8, 4) is 0 Å². The van der Waals surface area contributed by atoms with Gasteiger partial charge >= 0.3 is 11.9 Å². The highest BCUT2D eigenvalue weighted by Crippen LogP contribution is 2.06. The first-order chi connectivity index (χ1) is 13.8. The van der Waals surface area contributed by atoms with E-state index in [4.69, 9.17) is 10.8 Å². The van der Waals surface area contributed by atoms with Crippen LogP contribution in [0.25, 0.3) is 0 Å². The zero-order chi connectivity index (χ0) is 23.6. The average molecular weight is 432 g/mol. The number of rotatable bonds is 13. The van der Waals surface area contributed by atoms with Gasteiger partial charge < -0.3 is 37.0 Å². The number of hydrogen-bond donors (Lipinski definition) is 7. The maximum Gasteiger partial charge on any atom is 0.326 e. The lowest BCUT2D eigenvalue weighted by Gasteiger charge is -2.24. The Kier molecular flexibility index (Phi) is 11.6. The van der Waals surface area contributed by atoms with E-state index in [9.17, 15) is 34.2 Å². The molecule has 172 valence electrons. The van der Waals surface area contributed by atoms with Crippen LogP contribution in [0.1, 0.15) is 40.5 Å². The summed E-state index contributed by atoms with van der Waals surface area (Å²) in [6.07, 6.45) is -0.736. The SMILES string of the molecule is CC(C)CC(NC(=O)C(CC(=O)O)NC(=O)C(CO)NC(=O)C(N)C(C)C)C(=O)O. The fourth-order valence-electron chi connectivity index (χ4n) is 2.39. The van der Waals surface area contributed by atoms with Gasteiger partial charge in [-0.15, -0.1) is 0 Å². The number of carbonyl (C=O) groups is 5. The van der Waals surface area contributed by atoms with Gasteiger partial charge in [0.1, 0.15) is 18.1 Å². The maximum absolute atomic E-state index is 12.4. The van der Waals surface area contributed by atoms with E-state index in [1.54, 1.807) is 27.7 Å². The van der Waals surface area contributed by atoms with Gasteiger partial charge in [0.05, 0.1) is 19.1 Å². The molecule has 0 heterocycles. The zero-order valence-electron chi connectivity index (χ0n) is 17.5. The summed E-state index contributed by atoms with van der Waals surface area (Å²) < 4.78 is 0. The predicted octanol–water partition coefficient (Wildman–Crippen LogP) is -1.98. The molecule has 0 aliphatic carbocycles. The molecule has 0 bridgehead atoms. The van der Waals surface area contributed by atoms with Gasteiger partial charge in [0, 0.05) is 0 Å². The van der Waals surface area contributed by atoms with E-state index in [-0.39, 0.29) is 18.3 Å². The lowest BCUT2D eigenvalue weighted by Crippen LogP contribution is -2.58. The van der Waals surface area contributed by atoms with Crippen molar-refractivity contribution in [2.75, 3.05) is 6.61 Å². The summed E-state index contributed by atoms with van der Waals surface area (Å²) in [6, 6.07) is -5.31. The summed E-state index contributed by atoms with van der Waals surface area (Å²) in [7, 11) is 0. The smallest absolute Gasteiger partial charge is 0.326 e. The summed E-state index contributed by atoms with van der Waals surface area (Å²) in [5.41, 5.74) is 5.68. The van der Waals surface area contributed by atoms with Crippen LogP contribution in [0.5, 0.6) is 0 Å². The zero-order valence-corrected chi connectivity index (χ0v) is 17.5. The van der Waals surface area contributed by atoms with Crippen LogP contribution in [0, 0.1) is 11.8 Å². The molecule has 0 aromatic rings. The first-order valence-electron chi connectivity index (χ1n) is 9.52. The average Bonchev–Trinajstić information content (AvgIpc) is 2.62. The van der Waals surface area contributed by atoms with E-state index in [0.29, 0.717) is 0 Å². The van der Waals surface area contributed by atoms with Gasteiger partial charge in [-0.25, -0.2) is 4.79 Å². The van der Waals surface area contributed by atoms with Gasteiger partial charge in [-0.1, -0.05) is 27.7 Å². The van der Waals surface area contributed by atoms with Crippen molar-refractivity contribution in [1.82, 2.24) is 16.0 Å². The van der Waals surface area contributed by atoms with Crippen LogP contribution in [0.2, 0.25) is 0 Å². The molecule has 0 spiro atoms. The molecule has 8 N–H and O–H groups in total. The van der Waals surface area contributed by atoms with Crippen LogP contribution < -0.4 is 21.7 Å². The molecule has 0 saturated carbocycles. The molecule has 0 saturated heterocycles. The fourth-order valence-corrected chi connectivity index (χ4v) is 2.39. The van der Waals surface area contributed by atoms with Crippen molar-refractivity contribution in [3.63, 3.8) is 0 Å². The number of aliphatic hydroxyl groups excluding tert-OH is 1. The number of aliphatic hydroxyl groups is 1.